The Hall–Kier alpha value is -2.01. The van der Waals surface area contributed by atoms with Crippen LogP contribution in [0.4, 0.5) is 0 Å². The van der Waals surface area contributed by atoms with Crippen molar-refractivity contribution in [2.45, 2.75) is 31.6 Å². The molecule has 0 bridgehead atoms. The van der Waals surface area contributed by atoms with E-state index in [2.05, 4.69) is 6.92 Å². The van der Waals surface area contributed by atoms with Crippen LogP contribution in [0.1, 0.15) is 25.3 Å². The normalized spacial score (nSPS) is 11.2. The third kappa shape index (κ3) is 4.49. The molecule has 0 radical (unpaired) electrons. The van der Waals surface area contributed by atoms with Crippen molar-refractivity contribution in [1.29, 1.82) is 0 Å². The molecule has 22 heavy (non-hydrogen) atoms. The Labute approximate surface area is 131 Å². The molecule has 0 heterocycles. The molecule has 0 aliphatic heterocycles. The van der Waals surface area contributed by atoms with E-state index in [0.29, 0.717) is 12.4 Å². The zero-order valence-electron chi connectivity index (χ0n) is 12.8. The van der Waals surface area contributed by atoms with Gasteiger partial charge in [0.2, 0.25) is 0 Å². The van der Waals surface area contributed by atoms with Crippen molar-refractivity contribution < 1.29 is 17.3 Å². The van der Waals surface area contributed by atoms with Gasteiger partial charge in [0.25, 0.3) is 0 Å². The summed E-state index contributed by atoms with van der Waals surface area (Å²) in [7, 11) is -3.80. The third-order valence-corrected chi connectivity index (χ3v) is 4.37. The van der Waals surface area contributed by atoms with E-state index in [1.54, 1.807) is 36.4 Å². The van der Waals surface area contributed by atoms with Crippen molar-refractivity contribution in [3.63, 3.8) is 0 Å². The minimum Gasteiger partial charge on any atom is -0.494 e. The minimum absolute atomic E-state index is 0.140. The number of unbranched alkanes of at least 4 members (excludes halogenated alkanes) is 1. The van der Waals surface area contributed by atoms with Crippen molar-refractivity contribution >= 4 is 10.1 Å². The zero-order chi connectivity index (χ0) is 16.0. The SMILES string of the molecule is CCCCOc1ccc(OS(=O)(=O)c2ccc(C)cc2)cc1. The monoisotopic (exact) mass is 320 g/mol. The van der Waals surface area contributed by atoms with E-state index in [0.717, 1.165) is 18.4 Å². The summed E-state index contributed by atoms with van der Waals surface area (Å²) < 4.78 is 35.0. The van der Waals surface area contributed by atoms with Gasteiger partial charge in [0.05, 0.1) is 6.61 Å². The lowest BCUT2D eigenvalue weighted by atomic mass is 10.2. The van der Waals surface area contributed by atoms with Gasteiger partial charge < -0.3 is 8.92 Å². The maximum atomic E-state index is 12.2. The summed E-state index contributed by atoms with van der Waals surface area (Å²) >= 11 is 0. The number of hydrogen-bond acceptors (Lipinski definition) is 4. The first kappa shape index (κ1) is 16.4. The predicted octanol–water partition coefficient (Wildman–Crippen LogP) is 3.94. The Bertz CT molecular complexity index is 688. The lowest BCUT2D eigenvalue weighted by Gasteiger charge is -2.09. The van der Waals surface area contributed by atoms with Gasteiger partial charge >= 0.3 is 10.1 Å². The molecule has 0 amide bonds. The molecule has 0 aliphatic carbocycles. The van der Waals surface area contributed by atoms with Crippen LogP contribution in [-0.4, -0.2) is 15.0 Å². The van der Waals surface area contributed by atoms with Gasteiger partial charge in [-0.2, -0.15) is 8.42 Å². The second kappa shape index (κ2) is 7.31. The smallest absolute Gasteiger partial charge is 0.339 e. The van der Waals surface area contributed by atoms with Crippen molar-refractivity contribution in [3.05, 3.63) is 54.1 Å². The molecule has 118 valence electrons. The first-order valence-electron chi connectivity index (χ1n) is 7.25. The van der Waals surface area contributed by atoms with Crippen LogP contribution in [0.15, 0.2) is 53.4 Å². The highest BCUT2D eigenvalue weighted by atomic mass is 32.2. The first-order valence-corrected chi connectivity index (χ1v) is 8.66. The molecular weight excluding hydrogens is 300 g/mol. The van der Waals surface area contributed by atoms with Crippen molar-refractivity contribution in [3.8, 4) is 11.5 Å². The van der Waals surface area contributed by atoms with E-state index in [9.17, 15) is 8.42 Å². The van der Waals surface area contributed by atoms with Gasteiger partial charge in [-0.1, -0.05) is 31.0 Å². The molecule has 0 spiro atoms. The van der Waals surface area contributed by atoms with Crippen LogP contribution in [0.2, 0.25) is 0 Å². The zero-order valence-corrected chi connectivity index (χ0v) is 13.6. The maximum absolute atomic E-state index is 12.2. The van der Waals surface area contributed by atoms with E-state index in [-0.39, 0.29) is 10.6 Å². The molecule has 4 nitrogen and oxygen atoms in total. The minimum atomic E-state index is -3.80. The van der Waals surface area contributed by atoms with E-state index in [4.69, 9.17) is 8.92 Å². The third-order valence-electron chi connectivity index (χ3n) is 3.11. The van der Waals surface area contributed by atoms with Gasteiger partial charge in [-0.3, -0.25) is 0 Å². The summed E-state index contributed by atoms with van der Waals surface area (Å²) in [4.78, 5) is 0.140. The van der Waals surface area contributed by atoms with Crippen LogP contribution < -0.4 is 8.92 Å². The summed E-state index contributed by atoms with van der Waals surface area (Å²) in [5.74, 6) is 0.969. The van der Waals surface area contributed by atoms with Crippen LogP contribution in [-0.2, 0) is 10.1 Å². The highest BCUT2D eigenvalue weighted by Gasteiger charge is 2.16. The summed E-state index contributed by atoms with van der Waals surface area (Å²) in [5, 5.41) is 0. The van der Waals surface area contributed by atoms with Crippen LogP contribution >= 0.6 is 0 Å². The van der Waals surface area contributed by atoms with Gasteiger partial charge in [-0.25, -0.2) is 0 Å². The van der Waals surface area contributed by atoms with Gasteiger partial charge in [0, 0.05) is 0 Å². The lowest BCUT2D eigenvalue weighted by Crippen LogP contribution is -2.09. The number of ether oxygens (including phenoxy) is 1. The molecule has 0 N–H and O–H groups in total. The summed E-state index contributed by atoms with van der Waals surface area (Å²) in [6, 6.07) is 13.1. The van der Waals surface area contributed by atoms with Crippen molar-refractivity contribution in [1.82, 2.24) is 0 Å². The standard InChI is InChI=1S/C17H20O4S/c1-3-4-13-20-15-7-9-16(10-8-15)21-22(18,19)17-11-5-14(2)6-12-17/h5-12H,3-4,13H2,1-2H3. The van der Waals surface area contributed by atoms with Crippen LogP contribution in [0.5, 0.6) is 11.5 Å². The van der Waals surface area contributed by atoms with Crippen molar-refractivity contribution in [2.75, 3.05) is 6.61 Å². The number of aryl methyl sites for hydroxylation is 1. The quantitative estimate of drug-likeness (QED) is 0.573. The van der Waals surface area contributed by atoms with Gasteiger partial charge in [0.15, 0.2) is 0 Å². The Morgan fingerprint density at radius 1 is 0.909 bits per heavy atom. The fourth-order valence-corrected chi connectivity index (χ4v) is 2.74. The fraction of sp³-hybridized carbons (Fsp3) is 0.294. The molecule has 0 unspecified atom stereocenters. The Balaban J connectivity index is 2.05. The molecule has 0 saturated carbocycles. The predicted molar refractivity (Wildman–Crippen MR) is 85.8 cm³/mol. The second-order valence-electron chi connectivity index (χ2n) is 5.02. The van der Waals surface area contributed by atoms with Crippen LogP contribution in [0.3, 0.4) is 0 Å². The van der Waals surface area contributed by atoms with E-state index in [1.165, 1.54) is 12.1 Å². The largest absolute Gasteiger partial charge is 0.494 e. The molecule has 0 fully saturated rings. The van der Waals surface area contributed by atoms with Gasteiger partial charge in [-0.15, -0.1) is 0 Å². The lowest BCUT2D eigenvalue weighted by molar-refractivity contribution is 0.309. The molecule has 5 heteroatoms. The molecule has 0 aromatic heterocycles. The highest BCUT2D eigenvalue weighted by Crippen LogP contribution is 2.22. The molecule has 0 saturated heterocycles. The highest BCUT2D eigenvalue weighted by molar-refractivity contribution is 7.87. The average molecular weight is 320 g/mol. The summed E-state index contributed by atoms with van der Waals surface area (Å²) in [6.07, 6.45) is 2.05. The summed E-state index contributed by atoms with van der Waals surface area (Å²) in [6.45, 7) is 4.64. The fourth-order valence-electron chi connectivity index (χ4n) is 1.81. The number of hydrogen-bond donors (Lipinski definition) is 0. The number of benzene rings is 2. The Kier molecular flexibility index (Phi) is 5.44. The molecule has 2 aromatic rings. The van der Waals surface area contributed by atoms with Crippen molar-refractivity contribution in [2.24, 2.45) is 0 Å². The van der Waals surface area contributed by atoms with E-state index >= 15 is 0 Å². The van der Waals surface area contributed by atoms with Gasteiger partial charge in [0.1, 0.15) is 16.4 Å². The maximum Gasteiger partial charge on any atom is 0.339 e. The molecule has 0 aliphatic rings. The van der Waals surface area contributed by atoms with Crippen LogP contribution in [0.25, 0.3) is 0 Å². The molecule has 0 atom stereocenters. The molecule has 2 rings (SSSR count). The van der Waals surface area contributed by atoms with E-state index in [1.807, 2.05) is 6.92 Å². The summed E-state index contributed by atoms with van der Waals surface area (Å²) in [5.41, 5.74) is 0.993. The Morgan fingerprint density at radius 2 is 1.50 bits per heavy atom. The molecule has 2 aromatic carbocycles. The Morgan fingerprint density at radius 3 is 2.09 bits per heavy atom. The van der Waals surface area contributed by atoms with E-state index < -0.39 is 10.1 Å². The number of rotatable bonds is 7. The second-order valence-corrected chi connectivity index (χ2v) is 6.57. The topological polar surface area (TPSA) is 52.6 Å². The van der Waals surface area contributed by atoms with Crippen LogP contribution in [0, 0.1) is 6.92 Å². The molecular formula is C17H20O4S. The first-order chi connectivity index (χ1) is 10.5. The average Bonchev–Trinajstić information content (AvgIpc) is 2.49. The van der Waals surface area contributed by atoms with Gasteiger partial charge in [-0.05, 0) is 49.7 Å².